The van der Waals surface area contributed by atoms with E-state index in [4.69, 9.17) is 5.11 Å². The Morgan fingerprint density at radius 3 is 2.48 bits per heavy atom. The fraction of sp³-hybridized carbons (Fsp3) is 0. The molecular weight excluding hydrogens is 392 g/mol. The van der Waals surface area contributed by atoms with Gasteiger partial charge in [0.2, 0.25) is 0 Å². The van der Waals surface area contributed by atoms with Gasteiger partial charge in [-0.1, -0.05) is 0 Å². The van der Waals surface area contributed by atoms with E-state index in [9.17, 15) is 19.1 Å². The number of carbonyl (C=O) groups is 2. The monoisotopic (exact) mass is 401 g/mol. The van der Waals surface area contributed by atoms with Gasteiger partial charge in [-0.3, -0.25) is 4.79 Å². The second kappa shape index (κ2) is 6.08. The van der Waals surface area contributed by atoms with E-state index in [2.05, 4.69) is 5.32 Å². The third-order valence-corrected chi connectivity index (χ3v) is 3.33. The van der Waals surface area contributed by atoms with Crippen LogP contribution in [0.25, 0.3) is 0 Å². The molecule has 0 atom stereocenters. The average Bonchev–Trinajstić information content (AvgIpc) is 2.41. The smallest absolute Gasteiger partial charge is 0.337 e. The van der Waals surface area contributed by atoms with E-state index >= 15 is 0 Å². The number of carbonyl (C=O) groups excluding carboxylic acids is 1. The van der Waals surface area contributed by atoms with Crippen LogP contribution < -0.4 is 5.32 Å². The van der Waals surface area contributed by atoms with Crippen LogP contribution in [0.4, 0.5) is 10.1 Å². The Morgan fingerprint density at radius 2 is 1.81 bits per heavy atom. The first kappa shape index (κ1) is 15.2. The Balaban J connectivity index is 2.38. The topological polar surface area (TPSA) is 86.6 Å². The molecule has 0 aliphatic carbocycles. The second-order valence-corrected chi connectivity index (χ2v) is 5.36. The molecule has 5 nitrogen and oxygen atoms in total. The van der Waals surface area contributed by atoms with Gasteiger partial charge in [-0.05, 0) is 59.0 Å². The minimum Gasteiger partial charge on any atom is -0.507 e. The first-order valence-electron chi connectivity index (χ1n) is 5.71. The molecule has 0 aliphatic rings. The quantitative estimate of drug-likeness (QED) is 0.691. The SMILES string of the molecule is O=C(Nc1cc(F)ccc1C(=O)O)c1cc(I)ccc1O. The minimum atomic E-state index is -1.29. The highest BCUT2D eigenvalue weighted by atomic mass is 127. The molecule has 2 aromatic carbocycles. The van der Waals surface area contributed by atoms with Gasteiger partial charge in [0.15, 0.2) is 0 Å². The number of benzene rings is 2. The Morgan fingerprint density at radius 1 is 1.10 bits per heavy atom. The number of aromatic hydroxyl groups is 1. The van der Waals surface area contributed by atoms with Gasteiger partial charge in [0, 0.05) is 3.57 Å². The Bertz CT molecular complexity index is 733. The van der Waals surface area contributed by atoms with E-state index in [1.807, 2.05) is 22.6 Å². The highest BCUT2D eigenvalue weighted by molar-refractivity contribution is 14.1. The first-order valence-corrected chi connectivity index (χ1v) is 6.79. The summed E-state index contributed by atoms with van der Waals surface area (Å²) in [6.07, 6.45) is 0. The number of phenols is 1. The van der Waals surface area contributed by atoms with Crippen LogP contribution in [0.15, 0.2) is 36.4 Å². The lowest BCUT2D eigenvalue weighted by Crippen LogP contribution is -2.15. The second-order valence-electron chi connectivity index (χ2n) is 4.11. The number of carboxylic acids is 1. The predicted octanol–water partition coefficient (Wildman–Crippen LogP) is 3.09. The highest BCUT2D eigenvalue weighted by Gasteiger charge is 2.17. The van der Waals surface area contributed by atoms with E-state index in [-0.39, 0.29) is 22.6 Å². The van der Waals surface area contributed by atoms with Crippen molar-refractivity contribution in [1.29, 1.82) is 0 Å². The number of aromatic carboxylic acids is 1. The van der Waals surface area contributed by atoms with E-state index in [0.717, 1.165) is 18.2 Å². The lowest BCUT2D eigenvalue weighted by Gasteiger charge is -2.10. The number of rotatable bonds is 3. The molecule has 0 radical (unpaired) electrons. The molecular formula is C14H9FINO4. The highest BCUT2D eigenvalue weighted by Crippen LogP contribution is 2.23. The molecule has 0 unspecified atom stereocenters. The number of halogens is 2. The fourth-order valence-corrected chi connectivity index (χ4v) is 2.18. The van der Waals surface area contributed by atoms with Crippen molar-refractivity contribution in [3.05, 3.63) is 56.9 Å². The van der Waals surface area contributed by atoms with Crippen molar-refractivity contribution in [3.8, 4) is 5.75 Å². The van der Waals surface area contributed by atoms with Crippen molar-refractivity contribution in [3.63, 3.8) is 0 Å². The molecule has 3 N–H and O–H groups in total. The van der Waals surface area contributed by atoms with Crippen LogP contribution >= 0.6 is 22.6 Å². The van der Waals surface area contributed by atoms with Crippen molar-refractivity contribution in [2.75, 3.05) is 5.32 Å². The normalized spacial score (nSPS) is 10.2. The van der Waals surface area contributed by atoms with Gasteiger partial charge < -0.3 is 15.5 Å². The van der Waals surface area contributed by atoms with Gasteiger partial charge >= 0.3 is 5.97 Å². The average molecular weight is 401 g/mol. The summed E-state index contributed by atoms with van der Waals surface area (Å²) in [7, 11) is 0. The largest absolute Gasteiger partial charge is 0.507 e. The van der Waals surface area contributed by atoms with E-state index in [1.165, 1.54) is 12.1 Å². The maximum atomic E-state index is 13.2. The van der Waals surface area contributed by atoms with Gasteiger partial charge in [-0.2, -0.15) is 0 Å². The summed E-state index contributed by atoms with van der Waals surface area (Å²) in [6.45, 7) is 0. The van der Waals surface area contributed by atoms with Crippen molar-refractivity contribution in [2.24, 2.45) is 0 Å². The lowest BCUT2D eigenvalue weighted by molar-refractivity contribution is 0.0698. The number of amides is 1. The number of hydrogen-bond acceptors (Lipinski definition) is 3. The molecule has 0 heterocycles. The molecule has 7 heteroatoms. The van der Waals surface area contributed by atoms with Crippen LogP contribution in [0.1, 0.15) is 20.7 Å². The van der Waals surface area contributed by atoms with Crippen molar-refractivity contribution in [1.82, 2.24) is 0 Å². The summed E-state index contributed by atoms with van der Waals surface area (Å²) in [5.41, 5.74) is -0.442. The van der Waals surface area contributed by atoms with Crippen LogP contribution in [0, 0.1) is 9.39 Å². The molecule has 1 amide bonds. The molecule has 0 aromatic heterocycles. The van der Waals surface area contributed by atoms with Crippen LogP contribution in [-0.2, 0) is 0 Å². The lowest BCUT2D eigenvalue weighted by atomic mass is 10.1. The third kappa shape index (κ3) is 3.48. The maximum Gasteiger partial charge on any atom is 0.337 e. The van der Waals surface area contributed by atoms with Crippen LogP contribution in [0.3, 0.4) is 0 Å². The van der Waals surface area contributed by atoms with E-state index in [1.54, 1.807) is 6.07 Å². The predicted molar refractivity (Wildman–Crippen MR) is 82.1 cm³/mol. The summed E-state index contributed by atoms with van der Waals surface area (Å²) in [5.74, 6) is -2.94. The Hall–Kier alpha value is -2.16. The summed E-state index contributed by atoms with van der Waals surface area (Å²) in [6, 6.07) is 7.35. The molecule has 108 valence electrons. The molecule has 0 bridgehead atoms. The molecule has 2 aromatic rings. The summed E-state index contributed by atoms with van der Waals surface area (Å²) >= 11 is 1.96. The van der Waals surface area contributed by atoms with Crippen LogP contribution in [-0.4, -0.2) is 22.1 Å². The van der Waals surface area contributed by atoms with Crippen LogP contribution in [0.5, 0.6) is 5.75 Å². The van der Waals surface area contributed by atoms with Gasteiger partial charge in [0.1, 0.15) is 11.6 Å². The molecule has 21 heavy (non-hydrogen) atoms. The Kier molecular flexibility index (Phi) is 4.41. The molecule has 0 saturated heterocycles. The molecule has 0 fully saturated rings. The number of nitrogens with one attached hydrogen (secondary N) is 1. The third-order valence-electron chi connectivity index (χ3n) is 2.66. The number of phenolic OH excluding ortho intramolecular Hbond substituents is 1. The first-order chi connectivity index (χ1) is 9.88. The van der Waals surface area contributed by atoms with Crippen molar-refractivity contribution in [2.45, 2.75) is 0 Å². The number of carboxylic acid groups (broad SMARTS) is 1. The van der Waals surface area contributed by atoms with Crippen molar-refractivity contribution >= 4 is 40.2 Å². The van der Waals surface area contributed by atoms with Crippen molar-refractivity contribution < 1.29 is 24.2 Å². The Labute approximate surface area is 132 Å². The summed E-state index contributed by atoms with van der Waals surface area (Å²) in [5, 5.41) is 21.0. The molecule has 0 aliphatic heterocycles. The summed E-state index contributed by atoms with van der Waals surface area (Å²) < 4.78 is 13.9. The zero-order valence-corrected chi connectivity index (χ0v) is 12.6. The van der Waals surface area contributed by atoms with Crippen LogP contribution in [0.2, 0.25) is 0 Å². The minimum absolute atomic E-state index is 0.0255. The van der Waals surface area contributed by atoms with Gasteiger partial charge in [0.05, 0.1) is 16.8 Å². The molecule has 0 saturated carbocycles. The zero-order chi connectivity index (χ0) is 15.6. The van der Waals surface area contributed by atoms with Gasteiger partial charge in [0.25, 0.3) is 5.91 Å². The summed E-state index contributed by atoms with van der Waals surface area (Å²) in [4.78, 5) is 23.1. The van der Waals surface area contributed by atoms with Gasteiger partial charge in [-0.15, -0.1) is 0 Å². The molecule has 0 spiro atoms. The zero-order valence-electron chi connectivity index (χ0n) is 10.4. The van der Waals surface area contributed by atoms with E-state index in [0.29, 0.717) is 3.57 Å². The number of hydrogen-bond donors (Lipinski definition) is 3. The van der Waals surface area contributed by atoms with Gasteiger partial charge in [-0.25, -0.2) is 9.18 Å². The fourth-order valence-electron chi connectivity index (χ4n) is 1.69. The standard InChI is InChI=1S/C14H9FINO4/c15-7-1-3-9(14(20)21)11(5-7)17-13(19)10-6-8(16)2-4-12(10)18/h1-6,18H,(H,17,19)(H,20,21). The van der Waals surface area contributed by atoms with E-state index < -0.39 is 17.7 Å². The number of anilines is 1. The molecule has 2 rings (SSSR count). The maximum absolute atomic E-state index is 13.2.